The first-order chi connectivity index (χ1) is 10.7. The van der Waals surface area contributed by atoms with E-state index in [0.717, 1.165) is 22.6 Å². The Balaban J connectivity index is 1.55. The van der Waals surface area contributed by atoms with Gasteiger partial charge in [0.2, 0.25) is 0 Å². The summed E-state index contributed by atoms with van der Waals surface area (Å²) in [6.45, 7) is 0.557. The standard InChI is InChI=1S/C16H14ClN3OS/c17-12-5-3-11(4-6-12)7-8-18-16(21)14-10-13(19-20-14)15-2-1-9-22-15/h1-6,9-10H,7-8H2,(H,18,21)(H,19,20). The summed E-state index contributed by atoms with van der Waals surface area (Å²) < 4.78 is 0. The number of carbonyl (C=O) groups is 1. The number of amides is 1. The molecule has 0 spiro atoms. The first kappa shape index (κ1) is 14.8. The van der Waals surface area contributed by atoms with Crippen LogP contribution in [0.4, 0.5) is 0 Å². The number of aromatic amines is 1. The fourth-order valence-corrected chi connectivity index (χ4v) is 2.88. The van der Waals surface area contributed by atoms with E-state index in [-0.39, 0.29) is 5.91 Å². The molecule has 0 unspecified atom stereocenters. The van der Waals surface area contributed by atoms with Crippen molar-refractivity contribution >= 4 is 28.8 Å². The second-order valence-corrected chi connectivity index (χ2v) is 6.16. The average Bonchev–Trinajstić information content (AvgIpc) is 3.20. The molecule has 0 aliphatic carbocycles. The third-order valence-electron chi connectivity index (χ3n) is 3.21. The fourth-order valence-electron chi connectivity index (χ4n) is 2.06. The van der Waals surface area contributed by atoms with Crippen LogP contribution in [0.1, 0.15) is 16.1 Å². The largest absolute Gasteiger partial charge is 0.350 e. The molecule has 2 N–H and O–H groups in total. The topological polar surface area (TPSA) is 57.8 Å². The van der Waals surface area contributed by atoms with Gasteiger partial charge >= 0.3 is 0 Å². The molecule has 0 atom stereocenters. The number of halogens is 1. The number of rotatable bonds is 5. The Bertz CT molecular complexity index is 750. The fraction of sp³-hybridized carbons (Fsp3) is 0.125. The van der Waals surface area contributed by atoms with Crippen LogP contribution >= 0.6 is 22.9 Å². The molecule has 0 saturated heterocycles. The van der Waals surface area contributed by atoms with E-state index in [4.69, 9.17) is 11.6 Å². The predicted octanol–water partition coefficient (Wildman–Crippen LogP) is 3.76. The highest BCUT2D eigenvalue weighted by atomic mass is 35.5. The number of nitrogens with zero attached hydrogens (tertiary/aromatic N) is 1. The lowest BCUT2D eigenvalue weighted by atomic mass is 10.1. The third kappa shape index (κ3) is 3.55. The smallest absolute Gasteiger partial charge is 0.271 e. The van der Waals surface area contributed by atoms with Crippen molar-refractivity contribution in [2.75, 3.05) is 6.54 Å². The molecule has 3 aromatic rings. The van der Waals surface area contributed by atoms with Gasteiger partial charge in [0.25, 0.3) is 5.91 Å². The van der Waals surface area contributed by atoms with Crippen LogP contribution in [0.2, 0.25) is 5.02 Å². The summed E-state index contributed by atoms with van der Waals surface area (Å²) in [5.74, 6) is -0.173. The maximum absolute atomic E-state index is 12.1. The molecule has 3 rings (SSSR count). The van der Waals surface area contributed by atoms with Gasteiger partial charge in [-0.15, -0.1) is 11.3 Å². The van der Waals surface area contributed by atoms with Crippen molar-refractivity contribution in [1.82, 2.24) is 15.5 Å². The molecule has 1 amide bonds. The van der Waals surface area contributed by atoms with Crippen LogP contribution in [-0.2, 0) is 6.42 Å². The van der Waals surface area contributed by atoms with Gasteiger partial charge in [0.05, 0.1) is 10.6 Å². The van der Waals surface area contributed by atoms with Gasteiger partial charge in [0.1, 0.15) is 0 Å². The van der Waals surface area contributed by atoms with Crippen molar-refractivity contribution in [3.05, 3.63) is 64.1 Å². The van der Waals surface area contributed by atoms with E-state index in [0.29, 0.717) is 17.3 Å². The van der Waals surface area contributed by atoms with Gasteiger partial charge in [-0.05, 0) is 41.6 Å². The lowest BCUT2D eigenvalue weighted by Crippen LogP contribution is -2.26. The molecule has 4 nitrogen and oxygen atoms in total. The van der Waals surface area contributed by atoms with E-state index in [1.165, 1.54) is 0 Å². The Morgan fingerprint density at radius 1 is 1.27 bits per heavy atom. The number of hydrogen-bond donors (Lipinski definition) is 2. The van der Waals surface area contributed by atoms with Gasteiger partial charge in [-0.25, -0.2) is 0 Å². The van der Waals surface area contributed by atoms with E-state index in [2.05, 4.69) is 15.5 Å². The summed E-state index contributed by atoms with van der Waals surface area (Å²) in [7, 11) is 0. The summed E-state index contributed by atoms with van der Waals surface area (Å²) in [6.07, 6.45) is 0.755. The van der Waals surface area contributed by atoms with Crippen molar-refractivity contribution in [2.24, 2.45) is 0 Å². The summed E-state index contributed by atoms with van der Waals surface area (Å²) >= 11 is 7.44. The SMILES string of the molecule is O=C(NCCc1ccc(Cl)cc1)c1cc(-c2cccs2)[nH]n1. The molecule has 0 aliphatic rings. The van der Waals surface area contributed by atoms with Crippen molar-refractivity contribution in [2.45, 2.75) is 6.42 Å². The van der Waals surface area contributed by atoms with Crippen LogP contribution in [0.3, 0.4) is 0 Å². The average molecular weight is 332 g/mol. The lowest BCUT2D eigenvalue weighted by molar-refractivity contribution is 0.0949. The third-order valence-corrected chi connectivity index (χ3v) is 4.36. The van der Waals surface area contributed by atoms with Gasteiger partial charge in [-0.2, -0.15) is 5.10 Å². The number of thiophene rings is 1. The summed E-state index contributed by atoms with van der Waals surface area (Å²) in [4.78, 5) is 13.1. The molecule has 2 heterocycles. The Kier molecular flexibility index (Phi) is 4.56. The van der Waals surface area contributed by atoms with Crippen LogP contribution < -0.4 is 5.32 Å². The Labute approximate surface area is 137 Å². The van der Waals surface area contributed by atoms with Crippen molar-refractivity contribution in [3.63, 3.8) is 0 Å². The number of hydrogen-bond acceptors (Lipinski definition) is 3. The van der Waals surface area contributed by atoms with Crippen LogP contribution in [0, 0.1) is 0 Å². The summed E-state index contributed by atoms with van der Waals surface area (Å²) in [6, 6.07) is 13.3. The van der Waals surface area contributed by atoms with Gasteiger partial charge < -0.3 is 5.32 Å². The molecule has 22 heavy (non-hydrogen) atoms. The molecular formula is C16H14ClN3OS. The Hall–Kier alpha value is -2.11. The van der Waals surface area contributed by atoms with Crippen molar-refractivity contribution in [1.29, 1.82) is 0 Å². The minimum atomic E-state index is -0.173. The first-order valence-electron chi connectivity index (χ1n) is 6.84. The first-order valence-corrected chi connectivity index (χ1v) is 8.10. The highest BCUT2D eigenvalue weighted by Gasteiger charge is 2.11. The van der Waals surface area contributed by atoms with Crippen molar-refractivity contribution < 1.29 is 4.79 Å². The minimum Gasteiger partial charge on any atom is -0.350 e. The van der Waals surface area contributed by atoms with Gasteiger partial charge in [-0.3, -0.25) is 9.89 Å². The zero-order valence-corrected chi connectivity index (χ0v) is 13.2. The van der Waals surface area contributed by atoms with Gasteiger partial charge in [0, 0.05) is 11.6 Å². The quantitative estimate of drug-likeness (QED) is 0.747. The molecular weight excluding hydrogens is 318 g/mol. The zero-order valence-electron chi connectivity index (χ0n) is 11.7. The molecule has 2 aromatic heterocycles. The molecule has 0 aliphatic heterocycles. The number of nitrogens with one attached hydrogen (secondary N) is 2. The van der Waals surface area contributed by atoms with E-state index in [1.807, 2.05) is 41.8 Å². The maximum atomic E-state index is 12.1. The molecule has 6 heteroatoms. The van der Waals surface area contributed by atoms with Crippen LogP contribution in [0.5, 0.6) is 0 Å². The normalized spacial score (nSPS) is 10.6. The van der Waals surface area contributed by atoms with Crippen LogP contribution in [0.15, 0.2) is 47.8 Å². The number of carbonyl (C=O) groups excluding carboxylic acids is 1. The molecule has 0 saturated carbocycles. The summed E-state index contributed by atoms with van der Waals surface area (Å²) in [5.41, 5.74) is 2.39. The molecule has 112 valence electrons. The Morgan fingerprint density at radius 2 is 2.09 bits per heavy atom. The molecule has 0 radical (unpaired) electrons. The van der Waals surface area contributed by atoms with E-state index < -0.39 is 0 Å². The van der Waals surface area contributed by atoms with Gasteiger partial charge in [0.15, 0.2) is 5.69 Å². The molecule has 0 bridgehead atoms. The van der Waals surface area contributed by atoms with Crippen LogP contribution in [0.25, 0.3) is 10.6 Å². The predicted molar refractivity (Wildman–Crippen MR) is 89.4 cm³/mol. The van der Waals surface area contributed by atoms with Gasteiger partial charge in [-0.1, -0.05) is 29.8 Å². The van der Waals surface area contributed by atoms with Crippen molar-refractivity contribution in [3.8, 4) is 10.6 Å². The number of H-pyrrole nitrogens is 1. The second kappa shape index (κ2) is 6.77. The molecule has 0 fully saturated rings. The van der Waals surface area contributed by atoms with E-state index in [1.54, 1.807) is 17.4 Å². The molecule has 1 aromatic carbocycles. The van der Waals surface area contributed by atoms with E-state index >= 15 is 0 Å². The monoisotopic (exact) mass is 331 g/mol. The Morgan fingerprint density at radius 3 is 2.82 bits per heavy atom. The highest BCUT2D eigenvalue weighted by Crippen LogP contribution is 2.22. The maximum Gasteiger partial charge on any atom is 0.271 e. The number of benzene rings is 1. The van der Waals surface area contributed by atoms with Crippen LogP contribution in [-0.4, -0.2) is 22.6 Å². The zero-order chi connectivity index (χ0) is 15.4. The highest BCUT2D eigenvalue weighted by molar-refractivity contribution is 7.13. The second-order valence-electron chi connectivity index (χ2n) is 4.78. The lowest BCUT2D eigenvalue weighted by Gasteiger charge is -2.03. The summed E-state index contributed by atoms with van der Waals surface area (Å²) in [5, 5.41) is 12.5. The minimum absolute atomic E-state index is 0.173. The number of aromatic nitrogens is 2. The van der Waals surface area contributed by atoms with E-state index in [9.17, 15) is 4.79 Å².